The number of rotatable bonds is 7. The van der Waals surface area contributed by atoms with Gasteiger partial charge in [-0.3, -0.25) is 9.59 Å². The van der Waals surface area contributed by atoms with E-state index in [0.717, 1.165) is 33.4 Å². The topological polar surface area (TPSA) is 67.2 Å². The largest absolute Gasteiger partial charge is 0.354 e. The highest BCUT2D eigenvalue weighted by molar-refractivity contribution is 7.26. The number of carbonyl (C=O) groups excluding carboxylic acids is 1. The lowest BCUT2D eigenvalue weighted by Crippen LogP contribution is -2.39. The zero-order valence-electron chi connectivity index (χ0n) is 17.1. The number of thiophene rings is 1. The van der Waals surface area contributed by atoms with Gasteiger partial charge in [-0.1, -0.05) is 25.1 Å². The Labute approximate surface area is 174 Å². The van der Waals surface area contributed by atoms with Crippen LogP contribution in [0.4, 0.5) is 0 Å². The van der Waals surface area contributed by atoms with Crippen LogP contribution >= 0.6 is 11.3 Å². The highest BCUT2D eigenvalue weighted by atomic mass is 32.1. The van der Waals surface area contributed by atoms with Crippen LogP contribution in [0.5, 0.6) is 0 Å². The molecule has 0 spiro atoms. The molecule has 0 aliphatic carbocycles. The van der Waals surface area contributed by atoms with E-state index < -0.39 is 6.04 Å². The van der Waals surface area contributed by atoms with Gasteiger partial charge in [0, 0.05) is 16.6 Å². The van der Waals surface area contributed by atoms with Crippen molar-refractivity contribution in [1.82, 2.24) is 20.0 Å². The maximum Gasteiger partial charge on any atom is 0.276 e. The van der Waals surface area contributed by atoms with E-state index >= 15 is 0 Å². The number of amides is 1. The van der Waals surface area contributed by atoms with E-state index in [0.29, 0.717) is 18.4 Å². The second-order valence-electron chi connectivity index (χ2n) is 7.75. The number of hydrogen-bond donors (Lipinski definition) is 1. The third-order valence-corrected chi connectivity index (χ3v) is 7.02. The van der Waals surface area contributed by atoms with E-state index in [2.05, 4.69) is 15.3 Å². The number of fused-ring (bicyclic) bond motifs is 3. The second-order valence-corrected chi connectivity index (χ2v) is 8.81. The lowest BCUT2D eigenvalue weighted by molar-refractivity contribution is -0.124. The van der Waals surface area contributed by atoms with Gasteiger partial charge < -0.3 is 10.2 Å². The summed E-state index contributed by atoms with van der Waals surface area (Å²) in [6.07, 6.45) is 4.01. The predicted octanol–water partition coefficient (Wildman–Crippen LogP) is 3.47. The molecule has 4 rings (SSSR count). The van der Waals surface area contributed by atoms with Crippen LogP contribution in [0.2, 0.25) is 0 Å². The summed E-state index contributed by atoms with van der Waals surface area (Å²) in [7, 11) is 0. The molecule has 1 aliphatic heterocycles. The van der Waals surface area contributed by atoms with Gasteiger partial charge in [0.2, 0.25) is 5.91 Å². The van der Waals surface area contributed by atoms with Crippen LogP contribution in [0.3, 0.4) is 0 Å². The van der Waals surface area contributed by atoms with Gasteiger partial charge in [-0.2, -0.15) is 5.10 Å². The summed E-state index contributed by atoms with van der Waals surface area (Å²) in [6, 6.07) is 7.32. The summed E-state index contributed by atoms with van der Waals surface area (Å²) in [5, 5.41) is 9.17. The van der Waals surface area contributed by atoms with Crippen molar-refractivity contribution in [3.63, 3.8) is 0 Å². The Kier molecular flexibility index (Phi) is 5.96. The molecule has 29 heavy (non-hydrogen) atoms. The molecule has 1 N–H and O–H groups in total. The van der Waals surface area contributed by atoms with Crippen LogP contribution in [0.1, 0.15) is 44.3 Å². The van der Waals surface area contributed by atoms with Gasteiger partial charge in [0.05, 0.1) is 15.8 Å². The monoisotopic (exact) mass is 412 g/mol. The Morgan fingerprint density at radius 2 is 2.03 bits per heavy atom. The average Bonchev–Trinajstić information content (AvgIpc) is 3.37. The maximum atomic E-state index is 13.3. The summed E-state index contributed by atoms with van der Waals surface area (Å²) in [6.45, 7) is 7.81. The Morgan fingerprint density at radius 1 is 1.28 bits per heavy atom. The maximum absolute atomic E-state index is 13.3. The first kappa shape index (κ1) is 20.0. The molecular weight excluding hydrogens is 384 g/mol. The molecule has 7 heteroatoms. The zero-order chi connectivity index (χ0) is 20.4. The molecule has 0 bridgehead atoms. The standard InChI is InChI=1S/C22H28N4O2S/c1-3-17(21(27)23-11-8-14-25-12-6-7-13-25)26-22(28)19-16-9-4-5-10-18(16)29-20(19)15(2)24-26/h4-5,9-10,17H,3,6-8,11-14H2,1-2H3,(H,23,27). The molecule has 1 atom stereocenters. The van der Waals surface area contributed by atoms with Crippen molar-refractivity contribution in [3.05, 3.63) is 40.3 Å². The average molecular weight is 413 g/mol. The first-order valence-corrected chi connectivity index (χ1v) is 11.3. The number of benzene rings is 1. The quantitative estimate of drug-likeness (QED) is 0.604. The molecule has 3 aromatic rings. The molecule has 0 saturated carbocycles. The molecule has 1 amide bonds. The summed E-state index contributed by atoms with van der Waals surface area (Å²) < 4.78 is 3.38. The van der Waals surface area contributed by atoms with Crippen molar-refractivity contribution in [2.75, 3.05) is 26.2 Å². The molecule has 1 aliphatic rings. The first-order valence-electron chi connectivity index (χ1n) is 10.5. The Balaban J connectivity index is 1.56. The SMILES string of the molecule is CCC(C(=O)NCCCN1CCCC1)n1nc(C)c2sc3ccccc3c2c1=O. The first-order chi connectivity index (χ1) is 14.1. The number of carbonyl (C=O) groups is 1. The van der Waals surface area contributed by atoms with E-state index in [-0.39, 0.29) is 11.5 Å². The van der Waals surface area contributed by atoms with Crippen LogP contribution in [0.25, 0.3) is 20.2 Å². The van der Waals surface area contributed by atoms with Crippen molar-refractivity contribution in [2.24, 2.45) is 0 Å². The zero-order valence-corrected chi connectivity index (χ0v) is 17.9. The molecule has 3 heterocycles. The number of aromatic nitrogens is 2. The summed E-state index contributed by atoms with van der Waals surface area (Å²) in [4.78, 5) is 28.6. The Morgan fingerprint density at radius 3 is 2.79 bits per heavy atom. The molecule has 1 unspecified atom stereocenters. The molecule has 2 aromatic heterocycles. The number of hydrogen-bond acceptors (Lipinski definition) is 5. The van der Waals surface area contributed by atoms with E-state index in [4.69, 9.17) is 0 Å². The van der Waals surface area contributed by atoms with E-state index in [9.17, 15) is 9.59 Å². The number of likely N-dealkylation sites (tertiary alicyclic amines) is 1. The van der Waals surface area contributed by atoms with Gasteiger partial charge in [-0.25, -0.2) is 4.68 Å². The lowest BCUT2D eigenvalue weighted by Gasteiger charge is -2.18. The third kappa shape index (κ3) is 3.94. The van der Waals surface area contributed by atoms with Crippen molar-refractivity contribution in [3.8, 4) is 0 Å². The molecular formula is C22H28N4O2S. The highest BCUT2D eigenvalue weighted by Crippen LogP contribution is 2.33. The fourth-order valence-electron chi connectivity index (χ4n) is 4.20. The molecule has 6 nitrogen and oxygen atoms in total. The van der Waals surface area contributed by atoms with Crippen LogP contribution in [0.15, 0.2) is 29.1 Å². The molecule has 154 valence electrons. The van der Waals surface area contributed by atoms with E-state index in [1.165, 1.54) is 30.6 Å². The second kappa shape index (κ2) is 8.63. The van der Waals surface area contributed by atoms with Gasteiger partial charge in [0.25, 0.3) is 5.56 Å². The Bertz CT molecular complexity index is 1080. The van der Waals surface area contributed by atoms with E-state index in [1.807, 2.05) is 38.1 Å². The van der Waals surface area contributed by atoms with Crippen molar-refractivity contribution >= 4 is 37.4 Å². The van der Waals surface area contributed by atoms with E-state index in [1.54, 1.807) is 11.3 Å². The van der Waals surface area contributed by atoms with Crippen molar-refractivity contribution < 1.29 is 4.79 Å². The third-order valence-electron chi connectivity index (χ3n) is 5.74. The van der Waals surface area contributed by atoms with Crippen LogP contribution in [0, 0.1) is 6.92 Å². The summed E-state index contributed by atoms with van der Waals surface area (Å²) >= 11 is 1.59. The number of nitrogens with zero attached hydrogens (tertiary/aromatic N) is 3. The summed E-state index contributed by atoms with van der Waals surface area (Å²) in [5.41, 5.74) is 0.614. The van der Waals surface area contributed by atoms with Gasteiger partial charge >= 0.3 is 0 Å². The molecule has 1 fully saturated rings. The van der Waals surface area contributed by atoms with Gasteiger partial charge in [-0.15, -0.1) is 11.3 Å². The van der Waals surface area contributed by atoms with Crippen LogP contribution in [-0.4, -0.2) is 46.8 Å². The van der Waals surface area contributed by atoms with Gasteiger partial charge in [-0.05, 0) is 58.3 Å². The highest BCUT2D eigenvalue weighted by Gasteiger charge is 2.24. The minimum absolute atomic E-state index is 0.123. The molecule has 1 aromatic carbocycles. The predicted molar refractivity (Wildman–Crippen MR) is 119 cm³/mol. The van der Waals surface area contributed by atoms with Crippen LogP contribution < -0.4 is 10.9 Å². The number of nitrogens with one attached hydrogen (secondary N) is 1. The van der Waals surface area contributed by atoms with Crippen molar-refractivity contribution in [1.29, 1.82) is 0 Å². The fourth-order valence-corrected chi connectivity index (χ4v) is 5.33. The fraction of sp³-hybridized carbons (Fsp3) is 0.500. The Hall–Kier alpha value is -2.25. The number of aryl methyl sites for hydroxylation is 1. The van der Waals surface area contributed by atoms with Gasteiger partial charge in [0.15, 0.2) is 0 Å². The summed E-state index contributed by atoms with van der Waals surface area (Å²) in [5.74, 6) is -0.123. The lowest BCUT2D eigenvalue weighted by atomic mass is 10.1. The molecule has 0 radical (unpaired) electrons. The smallest absolute Gasteiger partial charge is 0.276 e. The minimum Gasteiger partial charge on any atom is -0.354 e. The van der Waals surface area contributed by atoms with Crippen molar-refractivity contribution in [2.45, 2.75) is 45.6 Å². The minimum atomic E-state index is -0.587. The normalized spacial score (nSPS) is 15.9. The molecule has 1 saturated heterocycles. The van der Waals surface area contributed by atoms with Gasteiger partial charge in [0.1, 0.15) is 6.04 Å². The van der Waals surface area contributed by atoms with Crippen LogP contribution in [-0.2, 0) is 4.79 Å².